The molecule has 1 aromatic rings. The number of hydrogen-bond acceptors (Lipinski definition) is 2. The van der Waals surface area contributed by atoms with Gasteiger partial charge in [0.05, 0.1) is 12.8 Å². The summed E-state index contributed by atoms with van der Waals surface area (Å²) in [7, 11) is 0. The molecule has 0 radical (unpaired) electrons. The van der Waals surface area contributed by atoms with Gasteiger partial charge < -0.3 is 10.0 Å². The maximum Gasteiger partial charge on any atom is 0.305 e. The maximum absolute atomic E-state index is 11.9. The number of rotatable bonds is 5. The molecule has 0 aliphatic carbocycles. The molecule has 0 atom stereocenters. The van der Waals surface area contributed by atoms with Crippen LogP contribution in [0.3, 0.4) is 0 Å². The summed E-state index contributed by atoms with van der Waals surface area (Å²) < 4.78 is 0. The molecule has 1 N–H and O–H groups in total. The van der Waals surface area contributed by atoms with Crippen LogP contribution in [-0.2, 0) is 9.59 Å². The maximum atomic E-state index is 11.9. The van der Waals surface area contributed by atoms with Crippen molar-refractivity contribution in [2.45, 2.75) is 19.8 Å². The van der Waals surface area contributed by atoms with E-state index >= 15 is 0 Å². The standard InChI is InChI=1S/C14H15NO3/c1-3-6-13(16)15(10-9-14(17)18)12-8-5-4-7-11(12)2/h1,4-5,7-8H,6,9-10H2,2H3,(H,17,18). The fourth-order valence-electron chi connectivity index (χ4n) is 1.64. The number of aliphatic carboxylic acids is 1. The van der Waals surface area contributed by atoms with E-state index in [2.05, 4.69) is 5.92 Å². The number of carbonyl (C=O) groups is 2. The van der Waals surface area contributed by atoms with Gasteiger partial charge in [-0.15, -0.1) is 6.42 Å². The summed E-state index contributed by atoms with van der Waals surface area (Å²) in [6, 6.07) is 7.32. The van der Waals surface area contributed by atoms with Crippen LogP contribution in [0.4, 0.5) is 5.69 Å². The van der Waals surface area contributed by atoms with Gasteiger partial charge in [-0.2, -0.15) is 0 Å². The molecule has 0 unspecified atom stereocenters. The minimum Gasteiger partial charge on any atom is -0.481 e. The van der Waals surface area contributed by atoms with Gasteiger partial charge >= 0.3 is 5.97 Å². The van der Waals surface area contributed by atoms with Gasteiger partial charge in [0, 0.05) is 12.2 Å². The van der Waals surface area contributed by atoms with E-state index in [9.17, 15) is 9.59 Å². The Balaban J connectivity index is 2.97. The van der Waals surface area contributed by atoms with E-state index in [1.54, 1.807) is 12.1 Å². The number of benzene rings is 1. The van der Waals surface area contributed by atoms with Gasteiger partial charge in [0.25, 0.3) is 0 Å². The van der Waals surface area contributed by atoms with Crippen LogP contribution in [0.5, 0.6) is 0 Å². The third-order valence-electron chi connectivity index (χ3n) is 2.51. The average molecular weight is 245 g/mol. The highest BCUT2D eigenvalue weighted by molar-refractivity contribution is 5.95. The Morgan fingerprint density at radius 3 is 2.61 bits per heavy atom. The molecule has 0 saturated carbocycles. The molecular weight excluding hydrogens is 230 g/mol. The Labute approximate surface area is 106 Å². The van der Waals surface area contributed by atoms with E-state index in [1.807, 2.05) is 19.1 Å². The number of anilines is 1. The number of amides is 1. The Bertz CT molecular complexity index is 488. The van der Waals surface area contributed by atoms with Crippen LogP contribution in [0.1, 0.15) is 18.4 Å². The highest BCUT2D eigenvalue weighted by atomic mass is 16.4. The predicted molar refractivity (Wildman–Crippen MR) is 69.2 cm³/mol. The third-order valence-corrected chi connectivity index (χ3v) is 2.51. The van der Waals surface area contributed by atoms with E-state index in [1.165, 1.54) is 4.90 Å². The van der Waals surface area contributed by atoms with Gasteiger partial charge in [-0.05, 0) is 18.6 Å². The topological polar surface area (TPSA) is 57.6 Å². The first-order valence-corrected chi connectivity index (χ1v) is 5.57. The van der Waals surface area contributed by atoms with Crippen molar-refractivity contribution in [1.82, 2.24) is 0 Å². The van der Waals surface area contributed by atoms with Crippen molar-refractivity contribution in [2.24, 2.45) is 0 Å². The second-order valence-corrected chi connectivity index (χ2v) is 3.86. The number of nitrogens with zero attached hydrogens (tertiary/aromatic N) is 1. The molecular formula is C14H15NO3. The second-order valence-electron chi connectivity index (χ2n) is 3.86. The molecule has 1 rings (SSSR count). The zero-order valence-electron chi connectivity index (χ0n) is 10.2. The van der Waals surface area contributed by atoms with Crippen molar-refractivity contribution in [1.29, 1.82) is 0 Å². The summed E-state index contributed by atoms with van der Waals surface area (Å²) in [5, 5.41) is 8.71. The first-order valence-electron chi connectivity index (χ1n) is 5.57. The lowest BCUT2D eigenvalue weighted by Gasteiger charge is -2.23. The lowest BCUT2D eigenvalue weighted by Crippen LogP contribution is -2.33. The molecule has 0 aromatic heterocycles. The summed E-state index contributed by atoms with van der Waals surface area (Å²) >= 11 is 0. The molecule has 0 spiro atoms. The second kappa shape index (κ2) is 6.45. The molecule has 0 fully saturated rings. The van der Waals surface area contributed by atoms with Crippen molar-refractivity contribution >= 4 is 17.6 Å². The number of carboxylic acid groups (broad SMARTS) is 1. The molecule has 0 saturated heterocycles. The summed E-state index contributed by atoms with van der Waals surface area (Å²) in [4.78, 5) is 24.0. The minimum absolute atomic E-state index is 0.0338. The molecule has 1 aromatic carbocycles. The molecule has 0 heterocycles. The van der Waals surface area contributed by atoms with Crippen LogP contribution in [-0.4, -0.2) is 23.5 Å². The molecule has 94 valence electrons. The van der Waals surface area contributed by atoms with Crippen LogP contribution in [0.25, 0.3) is 0 Å². The minimum atomic E-state index is -0.943. The van der Waals surface area contributed by atoms with Crippen LogP contribution in [0.2, 0.25) is 0 Å². The van der Waals surface area contributed by atoms with Crippen molar-refractivity contribution in [3.63, 3.8) is 0 Å². The molecule has 18 heavy (non-hydrogen) atoms. The largest absolute Gasteiger partial charge is 0.481 e. The van der Waals surface area contributed by atoms with Crippen molar-refractivity contribution in [2.75, 3.05) is 11.4 Å². The zero-order valence-corrected chi connectivity index (χ0v) is 10.2. The Kier molecular flexibility index (Phi) is 4.94. The summed E-state index contributed by atoms with van der Waals surface area (Å²) in [5.74, 6) is 1.09. The first-order chi connectivity index (χ1) is 8.56. The van der Waals surface area contributed by atoms with E-state index in [4.69, 9.17) is 11.5 Å². The normalized spacial score (nSPS) is 9.56. The molecule has 0 bridgehead atoms. The quantitative estimate of drug-likeness (QED) is 0.805. The highest BCUT2D eigenvalue weighted by Gasteiger charge is 2.17. The monoisotopic (exact) mass is 245 g/mol. The Morgan fingerprint density at radius 2 is 2.06 bits per heavy atom. The number of carbonyl (C=O) groups excluding carboxylic acids is 1. The molecule has 4 nitrogen and oxygen atoms in total. The fourth-order valence-corrected chi connectivity index (χ4v) is 1.64. The molecule has 0 aliphatic heterocycles. The summed E-state index contributed by atoms with van der Waals surface area (Å²) in [6.07, 6.45) is 4.99. The SMILES string of the molecule is C#CCC(=O)N(CCC(=O)O)c1ccccc1C. The van der Waals surface area contributed by atoms with Gasteiger partial charge in [0.2, 0.25) is 5.91 Å². The number of aryl methyl sites for hydroxylation is 1. The van der Waals surface area contributed by atoms with Crippen molar-refractivity contribution in [3.8, 4) is 12.3 Å². The smallest absolute Gasteiger partial charge is 0.305 e. The van der Waals surface area contributed by atoms with Crippen molar-refractivity contribution < 1.29 is 14.7 Å². The van der Waals surface area contributed by atoms with Crippen LogP contribution >= 0.6 is 0 Å². The summed E-state index contributed by atoms with van der Waals surface area (Å²) in [6.45, 7) is 1.99. The van der Waals surface area contributed by atoms with E-state index in [0.717, 1.165) is 5.56 Å². The Morgan fingerprint density at radius 1 is 1.39 bits per heavy atom. The number of hydrogen-bond donors (Lipinski definition) is 1. The van der Waals surface area contributed by atoms with Gasteiger partial charge in [0.1, 0.15) is 0 Å². The highest BCUT2D eigenvalue weighted by Crippen LogP contribution is 2.20. The molecule has 1 amide bonds. The van der Waals surface area contributed by atoms with Crippen LogP contribution < -0.4 is 4.90 Å². The van der Waals surface area contributed by atoms with Gasteiger partial charge in [0.15, 0.2) is 0 Å². The van der Waals surface area contributed by atoms with Gasteiger partial charge in [-0.25, -0.2) is 0 Å². The van der Waals surface area contributed by atoms with Gasteiger partial charge in [-0.1, -0.05) is 24.1 Å². The van der Waals surface area contributed by atoms with E-state index < -0.39 is 5.97 Å². The average Bonchev–Trinajstić information content (AvgIpc) is 2.31. The number of carboxylic acids is 1. The molecule has 4 heteroatoms. The van der Waals surface area contributed by atoms with E-state index in [-0.39, 0.29) is 25.3 Å². The predicted octanol–water partition coefficient (Wildman–Crippen LogP) is 1.83. The Hall–Kier alpha value is -2.28. The lowest BCUT2D eigenvalue weighted by atomic mass is 10.1. The zero-order chi connectivity index (χ0) is 13.5. The summed E-state index contributed by atoms with van der Waals surface area (Å²) in [5.41, 5.74) is 1.62. The van der Waals surface area contributed by atoms with Crippen LogP contribution in [0.15, 0.2) is 24.3 Å². The van der Waals surface area contributed by atoms with E-state index in [0.29, 0.717) is 5.69 Å². The lowest BCUT2D eigenvalue weighted by molar-refractivity contribution is -0.136. The van der Waals surface area contributed by atoms with Crippen molar-refractivity contribution in [3.05, 3.63) is 29.8 Å². The number of para-hydroxylation sites is 1. The first kappa shape index (κ1) is 13.8. The fraction of sp³-hybridized carbons (Fsp3) is 0.286. The van der Waals surface area contributed by atoms with Gasteiger partial charge in [-0.3, -0.25) is 9.59 Å². The van der Waals surface area contributed by atoms with Crippen LogP contribution in [0, 0.1) is 19.3 Å². The molecule has 0 aliphatic rings. The number of terminal acetylenes is 1. The third kappa shape index (κ3) is 3.63.